The Bertz CT molecular complexity index is 681. The molecule has 0 unspecified atom stereocenters. The number of carboxylic acid groups (broad SMARTS) is 1. The number of hydrogen-bond donors (Lipinski definition) is 2. The molecule has 3 rings (SSSR count). The summed E-state index contributed by atoms with van der Waals surface area (Å²) in [5.74, 6) is -0.360. The number of carbonyl (C=O) groups is 1. The topological polar surface area (TPSA) is 67.2 Å². The van der Waals surface area contributed by atoms with Gasteiger partial charge in [0.1, 0.15) is 11.4 Å². The molecular weight excluding hydrogens is 278 g/mol. The van der Waals surface area contributed by atoms with Crippen molar-refractivity contribution in [2.24, 2.45) is 0 Å². The fraction of sp³-hybridized carbons (Fsp3) is 0.286. The molecule has 0 amide bonds. The van der Waals surface area contributed by atoms with Crippen LogP contribution in [-0.4, -0.2) is 20.9 Å². The minimum Gasteiger partial charge on any atom is -0.477 e. The number of carboxylic acids is 1. The van der Waals surface area contributed by atoms with E-state index in [0.29, 0.717) is 29.5 Å². The quantitative estimate of drug-likeness (QED) is 0.912. The number of aromatic carboxylic acids is 1. The zero-order valence-corrected chi connectivity index (χ0v) is 11.7. The van der Waals surface area contributed by atoms with Gasteiger partial charge in [0.15, 0.2) is 0 Å². The van der Waals surface area contributed by atoms with Crippen molar-refractivity contribution in [2.45, 2.75) is 25.9 Å². The zero-order chi connectivity index (χ0) is 14.3. The van der Waals surface area contributed by atoms with Crippen LogP contribution in [-0.2, 0) is 13.0 Å². The van der Waals surface area contributed by atoms with E-state index in [1.165, 1.54) is 0 Å². The van der Waals surface area contributed by atoms with Gasteiger partial charge in [-0.1, -0.05) is 30.7 Å². The van der Waals surface area contributed by atoms with Crippen LogP contribution in [0.2, 0.25) is 5.02 Å². The molecule has 2 heterocycles. The molecule has 0 saturated heterocycles. The van der Waals surface area contributed by atoms with Gasteiger partial charge in [-0.25, -0.2) is 9.48 Å². The second-order valence-electron chi connectivity index (χ2n) is 4.76. The first kappa shape index (κ1) is 13.0. The summed E-state index contributed by atoms with van der Waals surface area (Å²) in [7, 11) is 0. The van der Waals surface area contributed by atoms with Crippen LogP contribution >= 0.6 is 11.6 Å². The fourth-order valence-electron chi connectivity index (χ4n) is 2.56. The Morgan fingerprint density at radius 2 is 2.40 bits per heavy atom. The highest BCUT2D eigenvalue weighted by Gasteiger charge is 2.30. The number of hydrogen-bond acceptors (Lipinski definition) is 3. The number of nitrogens with one attached hydrogen (secondary N) is 1. The molecule has 6 heteroatoms. The Balaban J connectivity index is 1.95. The molecule has 2 aromatic rings. The van der Waals surface area contributed by atoms with E-state index < -0.39 is 5.97 Å². The third kappa shape index (κ3) is 2.04. The molecule has 1 aliphatic rings. The van der Waals surface area contributed by atoms with Gasteiger partial charge in [-0.3, -0.25) is 0 Å². The monoisotopic (exact) mass is 291 g/mol. The summed E-state index contributed by atoms with van der Waals surface area (Å²) in [4.78, 5) is 11.4. The molecule has 20 heavy (non-hydrogen) atoms. The van der Waals surface area contributed by atoms with Gasteiger partial charge >= 0.3 is 5.97 Å². The number of aromatic nitrogens is 2. The summed E-state index contributed by atoms with van der Waals surface area (Å²) in [6.07, 6.45) is 0.602. The molecule has 1 aromatic heterocycles. The fourth-order valence-corrected chi connectivity index (χ4v) is 2.76. The lowest BCUT2D eigenvalue weighted by Crippen LogP contribution is -2.10. The van der Waals surface area contributed by atoms with Crippen molar-refractivity contribution < 1.29 is 9.90 Å². The summed E-state index contributed by atoms with van der Waals surface area (Å²) in [6, 6.07) is 7.55. The normalized spacial score (nSPS) is 16.8. The second-order valence-corrected chi connectivity index (χ2v) is 5.20. The number of rotatable bonds is 3. The van der Waals surface area contributed by atoms with Crippen molar-refractivity contribution in [3.63, 3.8) is 0 Å². The van der Waals surface area contributed by atoms with Crippen LogP contribution in [0.5, 0.6) is 0 Å². The van der Waals surface area contributed by atoms with Gasteiger partial charge < -0.3 is 10.4 Å². The molecule has 0 aliphatic carbocycles. The minimum atomic E-state index is -0.942. The van der Waals surface area contributed by atoms with Crippen LogP contribution in [0.15, 0.2) is 24.3 Å². The third-order valence-corrected chi connectivity index (χ3v) is 3.73. The lowest BCUT2D eigenvalue weighted by molar-refractivity contribution is 0.0697. The highest BCUT2D eigenvalue weighted by Crippen LogP contribution is 2.33. The van der Waals surface area contributed by atoms with Gasteiger partial charge in [0, 0.05) is 5.02 Å². The number of fused-ring (bicyclic) bond motifs is 1. The Kier molecular flexibility index (Phi) is 3.14. The maximum atomic E-state index is 11.4. The molecule has 0 spiro atoms. The third-order valence-electron chi connectivity index (χ3n) is 3.49. The second kappa shape index (κ2) is 4.83. The van der Waals surface area contributed by atoms with Crippen molar-refractivity contribution in [2.75, 3.05) is 5.32 Å². The summed E-state index contributed by atoms with van der Waals surface area (Å²) in [6.45, 7) is 2.51. The first-order valence-electron chi connectivity index (χ1n) is 6.45. The van der Waals surface area contributed by atoms with E-state index in [9.17, 15) is 9.90 Å². The van der Waals surface area contributed by atoms with E-state index in [-0.39, 0.29) is 11.6 Å². The van der Waals surface area contributed by atoms with Crippen molar-refractivity contribution in [3.8, 4) is 0 Å². The van der Waals surface area contributed by atoms with Crippen molar-refractivity contribution in [3.05, 3.63) is 46.1 Å². The molecule has 0 fully saturated rings. The van der Waals surface area contributed by atoms with Gasteiger partial charge in [-0.2, -0.15) is 5.10 Å². The number of halogens is 1. The number of aryl methyl sites for hydroxylation is 1. The van der Waals surface area contributed by atoms with Crippen molar-refractivity contribution >= 4 is 23.4 Å². The van der Waals surface area contributed by atoms with Crippen LogP contribution in [0, 0.1) is 0 Å². The van der Waals surface area contributed by atoms with E-state index in [1.54, 1.807) is 4.68 Å². The molecule has 1 aromatic carbocycles. The standard InChI is InChI=1S/C14H14ClN3O2/c1-2-10-12(14(19)20)13-16-11(7-18(13)17-10)8-4-3-5-9(15)6-8/h3-6,11,16H,2,7H2,1H3,(H,19,20)/t11-/m0/s1. The van der Waals surface area contributed by atoms with E-state index in [1.807, 2.05) is 31.2 Å². The van der Waals surface area contributed by atoms with Gasteiger partial charge in [-0.05, 0) is 24.1 Å². The van der Waals surface area contributed by atoms with Gasteiger partial charge in [0.25, 0.3) is 0 Å². The molecule has 0 saturated carbocycles. The molecule has 104 valence electrons. The first-order chi connectivity index (χ1) is 9.60. The van der Waals surface area contributed by atoms with E-state index in [2.05, 4.69) is 10.4 Å². The van der Waals surface area contributed by atoms with Crippen LogP contribution in [0.4, 0.5) is 5.82 Å². The summed E-state index contributed by atoms with van der Waals surface area (Å²) in [5, 5.41) is 17.6. The summed E-state index contributed by atoms with van der Waals surface area (Å²) < 4.78 is 1.73. The minimum absolute atomic E-state index is 0.000191. The van der Waals surface area contributed by atoms with Gasteiger partial charge in [0.05, 0.1) is 18.3 Å². The number of anilines is 1. The summed E-state index contributed by atoms with van der Waals surface area (Å²) in [5.41, 5.74) is 1.92. The predicted octanol–water partition coefficient (Wildman–Crippen LogP) is 2.96. The highest BCUT2D eigenvalue weighted by molar-refractivity contribution is 6.30. The smallest absolute Gasteiger partial charge is 0.341 e. The largest absolute Gasteiger partial charge is 0.477 e. The van der Waals surface area contributed by atoms with Crippen LogP contribution < -0.4 is 5.32 Å². The lowest BCUT2D eigenvalue weighted by Gasteiger charge is -2.11. The predicted molar refractivity (Wildman–Crippen MR) is 76.4 cm³/mol. The summed E-state index contributed by atoms with van der Waals surface area (Å²) >= 11 is 5.99. The van der Waals surface area contributed by atoms with Crippen molar-refractivity contribution in [1.82, 2.24) is 9.78 Å². The van der Waals surface area contributed by atoms with Crippen LogP contribution in [0.1, 0.15) is 34.6 Å². The van der Waals surface area contributed by atoms with Gasteiger partial charge in [0.2, 0.25) is 0 Å². The van der Waals surface area contributed by atoms with E-state index in [0.717, 1.165) is 5.56 Å². The SMILES string of the molecule is CCc1nn2c(c1C(=O)O)N[C@H](c1cccc(Cl)c1)C2. The molecule has 5 nitrogen and oxygen atoms in total. The molecule has 0 radical (unpaired) electrons. The number of benzene rings is 1. The van der Waals surface area contributed by atoms with Gasteiger partial charge in [-0.15, -0.1) is 0 Å². The molecule has 1 atom stereocenters. The Hall–Kier alpha value is -2.01. The van der Waals surface area contributed by atoms with E-state index >= 15 is 0 Å². The lowest BCUT2D eigenvalue weighted by atomic mass is 10.1. The first-order valence-corrected chi connectivity index (χ1v) is 6.83. The van der Waals surface area contributed by atoms with Crippen LogP contribution in [0.3, 0.4) is 0 Å². The average molecular weight is 292 g/mol. The molecule has 1 aliphatic heterocycles. The Morgan fingerprint density at radius 3 is 3.05 bits per heavy atom. The Morgan fingerprint density at radius 1 is 1.60 bits per heavy atom. The average Bonchev–Trinajstić information content (AvgIpc) is 2.94. The Labute approximate surface area is 121 Å². The molecular formula is C14H14ClN3O2. The van der Waals surface area contributed by atoms with Crippen LogP contribution in [0.25, 0.3) is 0 Å². The maximum Gasteiger partial charge on any atom is 0.341 e. The van der Waals surface area contributed by atoms with E-state index in [4.69, 9.17) is 11.6 Å². The van der Waals surface area contributed by atoms with Crippen molar-refractivity contribution in [1.29, 1.82) is 0 Å². The molecule has 0 bridgehead atoms. The maximum absolute atomic E-state index is 11.4. The highest BCUT2D eigenvalue weighted by atomic mass is 35.5. The zero-order valence-electron chi connectivity index (χ0n) is 10.9. The molecule has 2 N–H and O–H groups in total. The number of nitrogens with zero attached hydrogens (tertiary/aromatic N) is 2.